The summed E-state index contributed by atoms with van der Waals surface area (Å²) in [6.07, 6.45) is 7.65. The van der Waals surface area contributed by atoms with Crippen LogP contribution in [0, 0.1) is 11.3 Å². The van der Waals surface area contributed by atoms with Crippen molar-refractivity contribution in [3.63, 3.8) is 0 Å². The summed E-state index contributed by atoms with van der Waals surface area (Å²) in [6, 6.07) is 13.7. The quantitative estimate of drug-likeness (QED) is 0.493. The lowest BCUT2D eigenvalue weighted by atomic mass is 9.79. The van der Waals surface area contributed by atoms with Crippen LogP contribution in [0.1, 0.15) is 34.1 Å². The van der Waals surface area contributed by atoms with Crippen molar-refractivity contribution >= 4 is 16.7 Å². The second-order valence-corrected chi connectivity index (χ2v) is 8.50. The highest BCUT2D eigenvalue weighted by Crippen LogP contribution is 2.32. The number of aromatic nitrogens is 4. The smallest absolute Gasteiger partial charge is 0.354 e. The van der Waals surface area contributed by atoms with E-state index in [1.165, 1.54) is 0 Å². The van der Waals surface area contributed by atoms with Gasteiger partial charge in [0.1, 0.15) is 11.6 Å². The molecule has 0 saturated carbocycles. The number of amides is 1. The van der Waals surface area contributed by atoms with Crippen molar-refractivity contribution in [1.82, 2.24) is 20.1 Å². The first-order valence-electron chi connectivity index (χ1n) is 10.7. The molecule has 8 heteroatoms. The third kappa shape index (κ3) is 3.95. The molecule has 5 rings (SSSR count). The normalized spacial score (nSPS) is 17.4. The van der Waals surface area contributed by atoms with Gasteiger partial charge in [0.2, 0.25) is 0 Å². The molecule has 0 fully saturated rings. The Kier molecular flexibility index (Phi) is 5.11. The van der Waals surface area contributed by atoms with Gasteiger partial charge in [-0.1, -0.05) is 6.07 Å². The number of ether oxygens (including phenoxy) is 1. The summed E-state index contributed by atoms with van der Waals surface area (Å²) < 4.78 is 9.25. The van der Waals surface area contributed by atoms with Crippen LogP contribution in [0.2, 0.25) is 0 Å². The average molecular weight is 439 g/mol. The summed E-state index contributed by atoms with van der Waals surface area (Å²) in [7, 11) is 1.88. The molecule has 1 N–H and O–H groups in total. The highest BCUT2D eigenvalue weighted by atomic mass is 16.5. The van der Waals surface area contributed by atoms with Gasteiger partial charge in [-0.05, 0) is 42.3 Å². The Balaban J connectivity index is 1.35. The minimum atomic E-state index is -0.757. The largest absolute Gasteiger partial charge is 0.375 e. The molecule has 0 unspecified atom stereocenters. The molecule has 1 aliphatic rings. The van der Waals surface area contributed by atoms with E-state index >= 15 is 0 Å². The molecule has 8 nitrogen and oxygen atoms in total. The molecule has 1 aliphatic heterocycles. The topological polar surface area (TPSA) is 96.7 Å². The standard InChI is InChI=1S/C25H22N6O2/c1-25(15-26)16-33-14-19-4-3-17(10-22(19)25)24(32)28-12-21-9-20-13-31(8-5-18(20)11-27-21)23-6-7-30(2)29-23/h3-11,13H,12,14,16H2,1-2H3/p+1/t25-/m1/s1. The van der Waals surface area contributed by atoms with Gasteiger partial charge in [-0.15, -0.1) is 0 Å². The van der Waals surface area contributed by atoms with Crippen molar-refractivity contribution in [2.75, 3.05) is 6.61 Å². The Morgan fingerprint density at radius 1 is 1.30 bits per heavy atom. The molecule has 164 valence electrons. The number of hydrogen-bond acceptors (Lipinski definition) is 5. The molecule has 33 heavy (non-hydrogen) atoms. The van der Waals surface area contributed by atoms with Crippen molar-refractivity contribution in [2.24, 2.45) is 7.05 Å². The fourth-order valence-corrected chi connectivity index (χ4v) is 4.08. The molecule has 3 aromatic heterocycles. The van der Waals surface area contributed by atoms with Crippen LogP contribution in [0.25, 0.3) is 16.6 Å². The fraction of sp³-hybridized carbons (Fsp3) is 0.240. The lowest BCUT2D eigenvalue weighted by molar-refractivity contribution is -0.598. The summed E-state index contributed by atoms with van der Waals surface area (Å²) >= 11 is 0. The number of pyridine rings is 2. The van der Waals surface area contributed by atoms with Gasteiger partial charge in [0.15, 0.2) is 0 Å². The number of nitrogens with one attached hydrogen (secondary N) is 1. The number of rotatable bonds is 4. The summed E-state index contributed by atoms with van der Waals surface area (Å²) in [5, 5.41) is 19.0. The maximum absolute atomic E-state index is 12.8. The minimum absolute atomic E-state index is 0.205. The van der Waals surface area contributed by atoms with Crippen LogP contribution in [-0.4, -0.2) is 27.3 Å². The number of hydrogen-bond donors (Lipinski definition) is 1. The number of nitriles is 1. The first-order chi connectivity index (χ1) is 15.9. The Hall–Kier alpha value is -4.09. The van der Waals surface area contributed by atoms with E-state index in [9.17, 15) is 10.1 Å². The third-order valence-corrected chi connectivity index (χ3v) is 5.97. The number of fused-ring (bicyclic) bond motifs is 2. The number of aryl methyl sites for hydroxylation is 1. The van der Waals surface area contributed by atoms with E-state index in [1.54, 1.807) is 23.0 Å². The fourth-order valence-electron chi connectivity index (χ4n) is 4.08. The predicted molar refractivity (Wildman–Crippen MR) is 120 cm³/mol. The Morgan fingerprint density at radius 3 is 2.97 bits per heavy atom. The molecule has 0 spiro atoms. The molecule has 0 radical (unpaired) electrons. The average Bonchev–Trinajstić information content (AvgIpc) is 3.28. The summed E-state index contributed by atoms with van der Waals surface area (Å²) in [5.41, 5.74) is 2.31. The van der Waals surface area contributed by atoms with Crippen molar-refractivity contribution in [1.29, 1.82) is 5.26 Å². The zero-order valence-corrected chi connectivity index (χ0v) is 18.4. The number of benzene rings is 1. The van der Waals surface area contributed by atoms with E-state index in [0.29, 0.717) is 25.3 Å². The summed E-state index contributed by atoms with van der Waals surface area (Å²) in [5.74, 6) is 0.622. The molecular formula is C25H23N6O2+. The zero-order valence-electron chi connectivity index (χ0n) is 18.4. The van der Waals surface area contributed by atoms with E-state index in [-0.39, 0.29) is 5.91 Å². The van der Waals surface area contributed by atoms with Crippen molar-refractivity contribution in [2.45, 2.75) is 25.5 Å². The molecule has 4 aromatic rings. The second kappa shape index (κ2) is 8.11. The van der Waals surface area contributed by atoms with Crippen LogP contribution in [-0.2, 0) is 30.4 Å². The van der Waals surface area contributed by atoms with Gasteiger partial charge in [-0.2, -0.15) is 9.94 Å². The van der Waals surface area contributed by atoms with Crippen LogP contribution in [0.15, 0.2) is 61.2 Å². The SMILES string of the molecule is Cn1ccc(-[n+]2ccc3cnc(CNC(=O)c4ccc5c(c4)[C@](C)(C#N)COC5)cc3c2)n1. The van der Waals surface area contributed by atoms with Gasteiger partial charge in [-0.3, -0.25) is 9.78 Å². The third-order valence-electron chi connectivity index (χ3n) is 5.97. The molecule has 0 saturated heterocycles. The van der Waals surface area contributed by atoms with Gasteiger partial charge < -0.3 is 10.1 Å². The van der Waals surface area contributed by atoms with E-state index in [0.717, 1.165) is 33.4 Å². The highest BCUT2D eigenvalue weighted by Gasteiger charge is 2.33. The number of carbonyl (C=O) groups excluding carboxylic acids is 1. The molecular weight excluding hydrogens is 416 g/mol. The van der Waals surface area contributed by atoms with Crippen LogP contribution >= 0.6 is 0 Å². The lowest BCUT2D eigenvalue weighted by Crippen LogP contribution is -2.33. The van der Waals surface area contributed by atoms with Gasteiger partial charge in [0.05, 0.1) is 62.1 Å². The van der Waals surface area contributed by atoms with Crippen LogP contribution in [0.3, 0.4) is 0 Å². The molecule has 4 heterocycles. The van der Waals surface area contributed by atoms with E-state index < -0.39 is 5.41 Å². The minimum Gasteiger partial charge on any atom is -0.375 e. The van der Waals surface area contributed by atoms with Crippen molar-refractivity contribution < 1.29 is 14.1 Å². The summed E-state index contributed by atoms with van der Waals surface area (Å²) in [4.78, 5) is 17.3. The zero-order chi connectivity index (χ0) is 23.0. The Morgan fingerprint density at radius 2 is 2.18 bits per heavy atom. The number of carbonyl (C=O) groups is 1. The van der Waals surface area contributed by atoms with Gasteiger partial charge in [0, 0.05) is 22.5 Å². The van der Waals surface area contributed by atoms with Crippen LogP contribution in [0.4, 0.5) is 0 Å². The van der Waals surface area contributed by atoms with Crippen LogP contribution < -0.4 is 9.88 Å². The van der Waals surface area contributed by atoms with E-state index in [4.69, 9.17) is 4.74 Å². The monoisotopic (exact) mass is 439 g/mol. The first kappa shape index (κ1) is 20.8. The van der Waals surface area contributed by atoms with Gasteiger partial charge in [0.25, 0.3) is 5.91 Å². The van der Waals surface area contributed by atoms with Crippen molar-refractivity contribution in [3.8, 4) is 11.9 Å². The maximum atomic E-state index is 12.8. The second-order valence-electron chi connectivity index (χ2n) is 8.50. The summed E-state index contributed by atoms with van der Waals surface area (Å²) in [6.45, 7) is 2.90. The molecule has 1 amide bonds. The van der Waals surface area contributed by atoms with Gasteiger partial charge in [-0.25, -0.2) is 4.57 Å². The molecule has 0 aliphatic carbocycles. The molecule has 1 atom stereocenters. The van der Waals surface area contributed by atoms with E-state index in [1.807, 2.05) is 61.4 Å². The molecule has 0 bridgehead atoms. The lowest BCUT2D eigenvalue weighted by Gasteiger charge is -2.30. The maximum Gasteiger partial charge on any atom is 0.354 e. The first-order valence-corrected chi connectivity index (χ1v) is 10.7. The van der Waals surface area contributed by atoms with Crippen molar-refractivity contribution in [3.05, 3.63) is 83.6 Å². The Bertz CT molecular complexity index is 1420. The molecule has 1 aromatic carbocycles. The van der Waals surface area contributed by atoms with Crippen LogP contribution in [0.5, 0.6) is 0 Å². The predicted octanol–water partition coefficient (Wildman–Crippen LogP) is 2.49. The highest BCUT2D eigenvalue weighted by molar-refractivity contribution is 5.94. The Labute approximate surface area is 191 Å². The van der Waals surface area contributed by atoms with Gasteiger partial charge >= 0.3 is 5.82 Å². The van der Waals surface area contributed by atoms with E-state index in [2.05, 4.69) is 21.5 Å². The number of nitrogens with zero attached hydrogens (tertiary/aromatic N) is 5.